The Bertz CT molecular complexity index is 315. The molecule has 1 atom stereocenters. The monoisotopic (exact) mass is 247 g/mol. The first kappa shape index (κ1) is 12.8. The van der Waals surface area contributed by atoms with Crippen LogP contribution in [0.2, 0.25) is 10.0 Å². The lowest BCUT2D eigenvalue weighted by Crippen LogP contribution is -2.18. The molecule has 0 saturated carbocycles. The van der Waals surface area contributed by atoms with Gasteiger partial charge in [0.15, 0.2) is 0 Å². The van der Waals surface area contributed by atoms with Gasteiger partial charge in [-0.1, -0.05) is 29.3 Å². The number of benzene rings is 1. The molecule has 0 saturated heterocycles. The molecule has 2 N–H and O–H groups in total. The lowest BCUT2D eigenvalue weighted by molar-refractivity contribution is 0.183. The number of hydrogen-bond acceptors (Lipinski definition) is 2. The summed E-state index contributed by atoms with van der Waals surface area (Å²) in [6.45, 7) is 3.31. The van der Waals surface area contributed by atoms with Gasteiger partial charge in [-0.15, -0.1) is 0 Å². The van der Waals surface area contributed by atoms with Gasteiger partial charge in [0, 0.05) is 6.54 Å². The Kier molecular flexibility index (Phi) is 5.40. The first-order chi connectivity index (χ1) is 7.09. The van der Waals surface area contributed by atoms with Crippen LogP contribution in [0.25, 0.3) is 0 Å². The zero-order chi connectivity index (χ0) is 11.3. The third kappa shape index (κ3) is 4.85. The highest BCUT2D eigenvalue weighted by Crippen LogP contribution is 2.22. The highest BCUT2D eigenvalue weighted by Gasteiger charge is 1.99. The Morgan fingerprint density at radius 2 is 2.07 bits per heavy atom. The van der Waals surface area contributed by atoms with Crippen LogP contribution in [0.3, 0.4) is 0 Å². The summed E-state index contributed by atoms with van der Waals surface area (Å²) in [7, 11) is 0. The molecule has 0 aliphatic rings. The number of nitrogens with one attached hydrogen (secondary N) is 1. The second-order valence-electron chi connectivity index (χ2n) is 3.56. The minimum absolute atomic E-state index is 0.258. The van der Waals surface area contributed by atoms with E-state index in [4.69, 9.17) is 28.3 Å². The van der Waals surface area contributed by atoms with Crippen LogP contribution >= 0.6 is 23.2 Å². The fraction of sp³-hybridized carbons (Fsp3) is 0.455. The minimum atomic E-state index is -0.258. The molecule has 0 aliphatic carbocycles. The predicted molar refractivity (Wildman–Crippen MR) is 64.5 cm³/mol. The summed E-state index contributed by atoms with van der Waals surface area (Å²) in [5.41, 5.74) is 1.09. The standard InChI is InChI=1S/C11H15Cl2NO/c1-8(15)4-5-14-7-9-2-3-10(12)11(13)6-9/h2-3,6,8,14-15H,4-5,7H2,1H3/t8-/m0/s1. The SMILES string of the molecule is C[C@H](O)CCNCc1ccc(Cl)c(Cl)c1. The molecule has 0 fully saturated rings. The number of hydrogen-bond donors (Lipinski definition) is 2. The summed E-state index contributed by atoms with van der Waals surface area (Å²) in [5.74, 6) is 0. The van der Waals surface area contributed by atoms with Gasteiger partial charge in [0.05, 0.1) is 16.1 Å². The number of halogens is 2. The van der Waals surface area contributed by atoms with E-state index in [1.165, 1.54) is 0 Å². The van der Waals surface area contributed by atoms with E-state index < -0.39 is 0 Å². The largest absolute Gasteiger partial charge is 0.393 e. The zero-order valence-corrected chi connectivity index (χ0v) is 10.1. The molecule has 1 rings (SSSR count). The summed E-state index contributed by atoms with van der Waals surface area (Å²) in [6, 6.07) is 5.57. The summed E-state index contributed by atoms with van der Waals surface area (Å²) in [4.78, 5) is 0. The maximum Gasteiger partial charge on any atom is 0.0595 e. The normalized spacial score (nSPS) is 12.8. The first-order valence-electron chi connectivity index (χ1n) is 4.92. The molecule has 4 heteroatoms. The van der Waals surface area contributed by atoms with Gasteiger partial charge in [0.2, 0.25) is 0 Å². The fourth-order valence-corrected chi connectivity index (χ4v) is 1.51. The van der Waals surface area contributed by atoms with Crippen LogP contribution in [-0.4, -0.2) is 17.8 Å². The van der Waals surface area contributed by atoms with Crippen LogP contribution in [0.1, 0.15) is 18.9 Å². The third-order valence-electron chi connectivity index (χ3n) is 2.05. The van der Waals surface area contributed by atoms with Crippen molar-refractivity contribution in [3.8, 4) is 0 Å². The molecule has 0 amide bonds. The minimum Gasteiger partial charge on any atom is -0.393 e. The van der Waals surface area contributed by atoms with E-state index in [0.717, 1.165) is 25.1 Å². The Morgan fingerprint density at radius 1 is 1.33 bits per heavy atom. The van der Waals surface area contributed by atoms with Crippen LogP contribution in [0.4, 0.5) is 0 Å². The van der Waals surface area contributed by atoms with Crippen LogP contribution in [-0.2, 0) is 6.54 Å². The average Bonchev–Trinajstić information content (AvgIpc) is 2.18. The van der Waals surface area contributed by atoms with Gasteiger partial charge in [-0.05, 0) is 37.6 Å². The topological polar surface area (TPSA) is 32.3 Å². The van der Waals surface area contributed by atoms with Crippen molar-refractivity contribution in [1.82, 2.24) is 5.32 Å². The molecule has 15 heavy (non-hydrogen) atoms. The van der Waals surface area contributed by atoms with E-state index in [9.17, 15) is 0 Å². The molecule has 2 nitrogen and oxygen atoms in total. The Labute approximate surface area is 100 Å². The number of aliphatic hydroxyl groups is 1. The second-order valence-corrected chi connectivity index (χ2v) is 4.38. The molecular formula is C11H15Cl2NO. The number of rotatable bonds is 5. The molecule has 0 aromatic heterocycles. The Balaban J connectivity index is 2.35. The smallest absolute Gasteiger partial charge is 0.0595 e. The molecule has 0 bridgehead atoms. The Morgan fingerprint density at radius 3 is 2.67 bits per heavy atom. The van der Waals surface area contributed by atoms with Gasteiger partial charge in [0.1, 0.15) is 0 Å². The van der Waals surface area contributed by atoms with Crippen molar-refractivity contribution in [3.63, 3.8) is 0 Å². The second kappa shape index (κ2) is 6.33. The molecule has 0 aliphatic heterocycles. The Hall–Kier alpha value is -0.280. The lowest BCUT2D eigenvalue weighted by Gasteiger charge is -2.07. The fourth-order valence-electron chi connectivity index (χ4n) is 1.19. The van der Waals surface area contributed by atoms with Crippen molar-refractivity contribution in [2.24, 2.45) is 0 Å². The highest BCUT2D eigenvalue weighted by molar-refractivity contribution is 6.42. The number of aliphatic hydroxyl groups excluding tert-OH is 1. The van der Waals surface area contributed by atoms with Crippen LogP contribution in [0.15, 0.2) is 18.2 Å². The average molecular weight is 248 g/mol. The van der Waals surface area contributed by atoms with Crippen molar-refractivity contribution in [2.75, 3.05) is 6.54 Å². The lowest BCUT2D eigenvalue weighted by atomic mass is 10.2. The van der Waals surface area contributed by atoms with E-state index in [1.807, 2.05) is 12.1 Å². The molecule has 0 spiro atoms. The molecule has 1 aromatic carbocycles. The zero-order valence-electron chi connectivity index (χ0n) is 8.63. The summed E-state index contributed by atoms with van der Waals surface area (Å²) in [6.07, 6.45) is 0.493. The molecule has 0 heterocycles. The van der Waals surface area contributed by atoms with Gasteiger partial charge in [-0.25, -0.2) is 0 Å². The molecule has 84 valence electrons. The van der Waals surface area contributed by atoms with E-state index in [1.54, 1.807) is 13.0 Å². The molecule has 0 unspecified atom stereocenters. The predicted octanol–water partition coefficient (Wildman–Crippen LogP) is 2.85. The highest BCUT2D eigenvalue weighted by atomic mass is 35.5. The maximum atomic E-state index is 9.05. The third-order valence-corrected chi connectivity index (χ3v) is 2.79. The summed E-state index contributed by atoms with van der Waals surface area (Å²) in [5, 5.41) is 13.4. The van der Waals surface area contributed by atoms with Crippen molar-refractivity contribution in [1.29, 1.82) is 0 Å². The van der Waals surface area contributed by atoms with E-state index >= 15 is 0 Å². The molecule has 1 aromatic rings. The van der Waals surface area contributed by atoms with Crippen molar-refractivity contribution < 1.29 is 5.11 Å². The maximum absolute atomic E-state index is 9.05. The molecular weight excluding hydrogens is 233 g/mol. The van der Waals surface area contributed by atoms with Gasteiger partial charge < -0.3 is 10.4 Å². The van der Waals surface area contributed by atoms with Crippen LogP contribution < -0.4 is 5.32 Å². The van der Waals surface area contributed by atoms with E-state index in [2.05, 4.69) is 5.32 Å². The van der Waals surface area contributed by atoms with Crippen molar-refractivity contribution >= 4 is 23.2 Å². The van der Waals surface area contributed by atoms with Crippen molar-refractivity contribution in [3.05, 3.63) is 33.8 Å². The summed E-state index contributed by atoms with van der Waals surface area (Å²) >= 11 is 11.7. The van der Waals surface area contributed by atoms with Crippen LogP contribution in [0, 0.1) is 0 Å². The summed E-state index contributed by atoms with van der Waals surface area (Å²) < 4.78 is 0. The van der Waals surface area contributed by atoms with E-state index in [0.29, 0.717) is 10.0 Å². The first-order valence-corrected chi connectivity index (χ1v) is 5.68. The van der Waals surface area contributed by atoms with Gasteiger partial charge in [-0.3, -0.25) is 0 Å². The van der Waals surface area contributed by atoms with Gasteiger partial charge in [-0.2, -0.15) is 0 Å². The van der Waals surface area contributed by atoms with Gasteiger partial charge in [0.25, 0.3) is 0 Å². The molecule has 0 radical (unpaired) electrons. The quantitative estimate of drug-likeness (QED) is 0.785. The van der Waals surface area contributed by atoms with Gasteiger partial charge >= 0.3 is 0 Å². The van der Waals surface area contributed by atoms with Crippen LogP contribution in [0.5, 0.6) is 0 Å². The van der Waals surface area contributed by atoms with E-state index in [-0.39, 0.29) is 6.10 Å². The van der Waals surface area contributed by atoms with Crippen molar-refractivity contribution in [2.45, 2.75) is 26.0 Å².